The van der Waals surface area contributed by atoms with Crippen molar-refractivity contribution >= 4 is 16.8 Å². The molecule has 1 amide bonds. The number of nitrogens with zero attached hydrogens (tertiary/aromatic N) is 3. The molecule has 6 heteroatoms. The first kappa shape index (κ1) is 15.9. The molecular formula is C18H18N4O2. The molecule has 1 aromatic heterocycles. The molecule has 0 bridgehead atoms. The number of rotatable bonds is 6. The fourth-order valence-corrected chi connectivity index (χ4v) is 2.46. The largest absolute Gasteiger partial charge is 0.356 e. The normalized spacial score (nSPS) is 10.7. The minimum absolute atomic E-state index is 0.104. The van der Waals surface area contributed by atoms with E-state index in [0.717, 1.165) is 6.42 Å². The lowest BCUT2D eigenvalue weighted by Gasteiger charge is -2.06. The smallest absolute Gasteiger partial charge is 0.277 e. The third-order valence-corrected chi connectivity index (χ3v) is 3.76. The van der Waals surface area contributed by atoms with Gasteiger partial charge in [-0.15, -0.1) is 5.10 Å². The lowest BCUT2D eigenvalue weighted by molar-refractivity contribution is -0.121. The Hall–Kier alpha value is -3.02. The first-order valence-corrected chi connectivity index (χ1v) is 7.87. The molecule has 0 aliphatic rings. The molecule has 3 rings (SSSR count). The standard InChI is InChI=1S/C18H18N4O2/c23-17(19-12-10-14-6-2-1-3-7-14)11-13-22-18(24)15-8-4-5-9-16(15)20-21-22/h1-9H,10-13H2,(H,19,23). The summed E-state index contributed by atoms with van der Waals surface area (Å²) >= 11 is 0. The maximum Gasteiger partial charge on any atom is 0.277 e. The van der Waals surface area contributed by atoms with Crippen molar-refractivity contribution in [2.24, 2.45) is 0 Å². The second-order valence-corrected chi connectivity index (χ2v) is 5.47. The zero-order valence-electron chi connectivity index (χ0n) is 13.2. The molecule has 2 aromatic carbocycles. The first-order valence-electron chi connectivity index (χ1n) is 7.87. The number of carbonyl (C=O) groups is 1. The van der Waals surface area contributed by atoms with Crippen LogP contribution in [0.4, 0.5) is 0 Å². The van der Waals surface area contributed by atoms with Gasteiger partial charge in [-0.3, -0.25) is 9.59 Å². The highest BCUT2D eigenvalue weighted by atomic mass is 16.2. The van der Waals surface area contributed by atoms with E-state index in [1.165, 1.54) is 10.2 Å². The molecule has 0 spiro atoms. The quantitative estimate of drug-likeness (QED) is 0.747. The van der Waals surface area contributed by atoms with Crippen LogP contribution in [0.2, 0.25) is 0 Å². The van der Waals surface area contributed by atoms with E-state index in [0.29, 0.717) is 17.4 Å². The van der Waals surface area contributed by atoms with Crippen molar-refractivity contribution in [2.75, 3.05) is 6.54 Å². The number of amides is 1. The number of hydrogen-bond acceptors (Lipinski definition) is 4. The highest BCUT2D eigenvalue weighted by Gasteiger charge is 2.07. The monoisotopic (exact) mass is 322 g/mol. The van der Waals surface area contributed by atoms with Gasteiger partial charge in [0, 0.05) is 13.0 Å². The molecule has 6 nitrogen and oxygen atoms in total. The topological polar surface area (TPSA) is 76.9 Å². The van der Waals surface area contributed by atoms with Gasteiger partial charge in [0.25, 0.3) is 5.56 Å². The average Bonchev–Trinajstić information content (AvgIpc) is 2.62. The maximum atomic E-state index is 12.3. The zero-order valence-corrected chi connectivity index (χ0v) is 13.2. The van der Waals surface area contributed by atoms with Crippen LogP contribution in [0, 0.1) is 0 Å². The molecule has 1 heterocycles. The fraction of sp³-hybridized carbons (Fsp3) is 0.222. The van der Waals surface area contributed by atoms with Crippen LogP contribution in [-0.2, 0) is 17.8 Å². The summed E-state index contributed by atoms with van der Waals surface area (Å²) in [4.78, 5) is 24.2. The number of aromatic nitrogens is 3. The highest BCUT2D eigenvalue weighted by molar-refractivity contribution is 5.77. The highest BCUT2D eigenvalue weighted by Crippen LogP contribution is 2.03. The molecule has 0 radical (unpaired) electrons. The van der Waals surface area contributed by atoms with Crippen LogP contribution >= 0.6 is 0 Å². The number of aryl methyl sites for hydroxylation is 1. The second-order valence-electron chi connectivity index (χ2n) is 5.47. The third-order valence-electron chi connectivity index (χ3n) is 3.76. The van der Waals surface area contributed by atoms with Gasteiger partial charge in [-0.05, 0) is 24.1 Å². The lowest BCUT2D eigenvalue weighted by atomic mass is 10.1. The van der Waals surface area contributed by atoms with E-state index in [2.05, 4.69) is 15.6 Å². The Morgan fingerprint density at radius 3 is 2.62 bits per heavy atom. The van der Waals surface area contributed by atoms with Gasteiger partial charge in [-0.1, -0.05) is 47.7 Å². The van der Waals surface area contributed by atoms with Gasteiger partial charge >= 0.3 is 0 Å². The maximum absolute atomic E-state index is 12.3. The molecule has 0 fully saturated rings. The zero-order chi connectivity index (χ0) is 16.8. The van der Waals surface area contributed by atoms with Gasteiger partial charge in [0.15, 0.2) is 0 Å². The molecule has 0 saturated carbocycles. The van der Waals surface area contributed by atoms with E-state index in [1.807, 2.05) is 30.3 Å². The van der Waals surface area contributed by atoms with Gasteiger partial charge in [-0.2, -0.15) is 0 Å². The van der Waals surface area contributed by atoms with Crippen LogP contribution in [0.15, 0.2) is 59.4 Å². The lowest BCUT2D eigenvalue weighted by Crippen LogP contribution is -2.30. The van der Waals surface area contributed by atoms with Gasteiger partial charge in [0.1, 0.15) is 5.52 Å². The fourth-order valence-electron chi connectivity index (χ4n) is 2.46. The molecule has 0 saturated heterocycles. The van der Waals surface area contributed by atoms with Crippen molar-refractivity contribution in [1.29, 1.82) is 0 Å². The molecule has 24 heavy (non-hydrogen) atoms. The van der Waals surface area contributed by atoms with E-state index in [4.69, 9.17) is 0 Å². The van der Waals surface area contributed by atoms with E-state index < -0.39 is 0 Å². The SMILES string of the molecule is O=C(CCn1nnc2ccccc2c1=O)NCCc1ccccc1. The summed E-state index contributed by atoms with van der Waals surface area (Å²) in [6.45, 7) is 0.787. The first-order chi connectivity index (χ1) is 11.7. The summed E-state index contributed by atoms with van der Waals surface area (Å²) in [5.41, 5.74) is 1.51. The Morgan fingerprint density at radius 2 is 1.79 bits per heavy atom. The summed E-state index contributed by atoms with van der Waals surface area (Å²) < 4.78 is 1.24. The van der Waals surface area contributed by atoms with Gasteiger partial charge in [-0.25, -0.2) is 4.68 Å². The van der Waals surface area contributed by atoms with Crippen molar-refractivity contribution in [3.8, 4) is 0 Å². The number of benzene rings is 2. The third kappa shape index (κ3) is 3.84. The molecule has 0 unspecified atom stereocenters. The molecule has 0 aliphatic heterocycles. The van der Waals surface area contributed by atoms with Gasteiger partial charge in [0.2, 0.25) is 5.91 Å². The summed E-state index contributed by atoms with van der Waals surface area (Å²) in [7, 11) is 0. The van der Waals surface area contributed by atoms with E-state index in [1.54, 1.807) is 24.3 Å². The summed E-state index contributed by atoms with van der Waals surface area (Å²) in [5.74, 6) is -0.104. The van der Waals surface area contributed by atoms with Crippen LogP contribution in [0.25, 0.3) is 10.9 Å². The predicted octanol–water partition coefficient (Wildman–Crippen LogP) is 1.54. The van der Waals surface area contributed by atoms with Crippen molar-refractivity contribution in [3.05, 3.63) is 70.5 Å². The van der Waals surface area contributed by atoms with E-state index in [-0.39, 0.29) is 24.4 Å². The number of hydrogen-bond donors (Lipinski definition) is 1. The van der Waals surface area contributed by atoms with Crippen molar-refractivity contribution in [1.82, 2.24) is 20.3 Å². The van der Waals surface area contributed by atoms with Crippen molar-refractivity contribution < 1.29 is 4.79 Å². The summed E-state index contributed by atoms with van der Waals surface area (Å²) in [5, 5.41) is 11.3. The molecule has 3 aromatic rings. The van der Waals surface area contributed by atoms with Gasteiger partial charge < -0.3 is 5.32 Å². The Bertz CT molecular complexity index is 890. The van der Waals surface area contributed by atoms with Crippen LogP contribution in [0.1, 0.15) is 12.0 Å². The minimum Gasteiger partial charge on any atom is -0.356 e. The van der Waals surface area contributed by atoms with Crippen molar-refractivity contribution in [3.63, 3.8) is 0 Å². The summed E-state index contributed by atoms with van der Waals surface area (Å²) in [6, 6.07) is 17.0. The Kier molecular flexibility index (Phi) is 4.96. The van der Waals surface area contributed by atoms with Gasteiger partial charge in [0.05, 0.1) is 11.9 Å². The second kappa shape index (κ2) is 7.50. The minimum atomic E-state index is -0.224. The number of fused-ring (bicyclic) bond motifs is 1. The molecule has 122 valence electrons. The van der Waals surface area contributed by atoms with E-state index in [9.17, 15) is 9.59 Å². The van der Waals surface area contributed by atoms with E-state index >= 15 is 0 Å². The molecule has 1 N–H and O–H groups in total. The van der Waals surface area contributed by atoms with Crippen molar-refractivity contribution in [2.45, 2.75) is 19.4 Å². The summed E-state index contributed by atoms with van der Waals surface area (Å²) in [6.07, 6.45) is 0.976. The number of carbonyl (C=O) groups excluding carboxylic acids is 1. The Balaban J connectivity index is 1.53. The predicted molar refractivity (Wildman–Crippen MR) is 91.6 cm³/mol. The van der Waals surface area contributed by atoms with Crippen LogP contribution in [0.3, 0.4) is 0 Å². The average molecular weight is 322 g/mol. The van der Waals surface area contributed by atoms with Crippen LogP contribution in [0.5, 0.6) is 0 Å². The van der Waals surface area contributed by atoms with Crippen LogP contribution in [-0.4, -0.2) is 27.4 Å². The number of nitrogens with one attached hydrogen (secondary N) is 1. The Morgan fingerprint density at radius 1 is 1.04 bits per heavy atom. The molecular weight excluding hydrogens is 304 g/mol. The molecule has 0 aliphatic carbocycles. The van der Waals surface area contributed by atoms with Crippen LogP contribution < -0.4 is 10.9 Å². The Labute approximate surface area is 139 Å². The molecule has 0 atom stereocenters.